The number of aromatic hydroxyl groups is 1. The number of nitrogens with two attached hydrogens (primary N) is 1. The molecule has 0 radical (unpaired) electrons. The van der Waals surface area contributed by atoms with Crippen molar-refractivity contribution in [3.8, 4) is 16.9 Å². The van der Waals surface area contributed by atoms with Gasteiger partial charge in [-0.3, -0.25) is 24.1 Å². The molecule has 0 aromatic heterocycles. The zero-order chi connectivity index (χ0) is 33.4. The average molecular weight is 642 g/mol. The summed E-state index contributed by atoms with van der Waals surface area (Å²) in [7, 11) is 3.26. The summed E-state index contributed by atoms with van der Waals surface area (Å²) in [4.78, 5) is 58.3. The molecule has 0 bridgehead atoms. The number of ketones is 3. The van der Waals surface area contributed by atoms with E-state index in [1.165, 1.54) is 6.07 Å². The first kappa shape index (κ1) is 31.6. The maximum absolute atomic E-state index is 14.3. The number of amides is 1. The third-order valence-corrected chi connectivity index (χ3v) is 11.0. The molecule has 7 rings (SSSR count). The van der Waals surface area contributed by atoms with Crippen molar-refractivity contribution >= 4 is 34.0 Å². The van der Waals surface area contributed by atoms with Gasteiger partial charge in [-0.05, 0) is 71.9 Å². The van der Waals surface area contributed by atoms with E-state index in [9.17, 15) is 34.5 Å². The summed E-state index contributed by atoms with van der Waals surface area (Å²) in [6.45, 7) is 3.85. The number of primary amides is 1. The molecule has 11 nitrogen and oxygen atoms in total. The van der Waals surface area contributed by atoms with Gasteiger partial charge in [0, 0.05) is 31.6 Å². The van der Waals surface area contributed by atoms with Crippen LogP contribution in [-0.2, 0) is 32.1 Å². The number of ether oxygens (including phenoxy) is 1. The highest BCUT2D eigenvalue weighted by molar-refractivity contribution is 6.25. The van der Waals surface area contributed by atoms with Crippen molar-refractivity contribution < 1.29 is 39.2 Å². The lowest BCUT2D eigenvalue weighted by Gasteiger charge is -2.54. The number of phenols is 1. The third kappa shape index (κ3) is 4.75. The van der Waals surface area contributed by atoms with Gasteiger partial charge in [-0.15, -0.1) is 0 Å². The molecule has 3 unspecified atom stereocenters. The van der Waals surface area contributed by atoms with Crippen molar-refractivity contribution in [1.82, 2.24) is 9.80 Å². The van der Waals surface area contributed by atoms with Crippen LogP contribution in [0.3, 0.4) is 0 Å². The quantitative estimate of drug-likeness (QED) is 0.298. The number of morpholine rings is 1. The topological polar surface area (TPSA) is 171 Å². The molecule has 1 saturated heterocycles. The lowest BCUT2D eigenvalue weighted by molar-refractivity contribution is -0.190. The highest BCUT2D eigenvalue weighted by atomic mass is 16.5. The Bertz CT molecular complexity index is 1820. The smallest absolute Gasteiger partial charge is 0.230 e. The molecule has 0 spiro atoms. The summed E-state index contributed by atoms with van der Waals surface area (Å²) in [6.07, 6.45) is -1.26. The number of hydrogen-bond donors (Lipinski definition) is 4. The standard InChI is InChI=1S/C36H39N3O8/c1-38(2)30-25-16-19-15-24-23(22-8-7-18(17-39-11-13-47-14-12-39)20-5-3-4-6-21(20)22)9-10-26(40)28(24)31(41)27(19)33(43)36(25,46)34(44)29(32(30)42)35(37)45/h3-10,19,25,27,29-30,32,40,42,46H,11-17H2,1-2H3,(H2,37,45)/t19-,25-,27?,29?,30-,32?,36-/m1/s1. The number of hydrogen-bond acceptors (Lipinski definition) is 10. The Morgan fingerprint density at radius 3 is 2.36 bits per heavy atom. The number of likely N-dealkylation sites (N-methyl/N-ethyl adjacent to an activating group) is 1. The van der Waals surface area contributed by atoms with Gasteiger partial charge in [0.05, 0.1) is 30.8 Å². The molecule has 1 aliphatic heterocycles. The molecule has 1 amide bonds. The zero-order valence-electron chi connectivity index (χ0n) is 26.4. The molecule has 4 aliphatic rings. The van der Waals surface area contributed by atoms with Crippen molar-refractivity contribution in [3.05, 3.63) is 65.2 Å². The van der Waals surface area contributed by atoms with Crippen LogP contribution in [0.1, 0.15) is 27.9 Å². The van der Waals surface area contributed by atoms with Gasteiger partial charge in [0.2, 0.25) is 5.91 Å². The Hall–Kier alpha value is -4.00. The van der Waals surface area contributed by atoms with Gasteiger partial charge >= 0.3 is 0 Å². The lowest BCUT2D eigenvalue weighted by Crippen LogP contribution is -2.75. The minimum atomic E-state index is -2.69. The lowest BCUT2D eigenvalue weighted by atomic mass is 9.52. The van der Waals surface area contributed by atoms with Crippen LogP contribution in [-0.4, -0.2) is 107 Å². The molecule has 3 fully saturated rings. The number of carbonyl (C=O) groups excluding carboxylic acids is 4. The molecular weight excluding hydrogens is 602 g/mol. The molecule has 5 N–H and O–H groups in total. The highest BCUT2D eigenvalue weighted by Crippen LogP contribution is 2.52. The minimum absolute atomic E-state index is 0.000437. The van der Waals surface area contributed by atoms with Gasteiger partial charge in [0.15, 0.2) is 23.0 Å². The van der Waals surface area contributed by atoms with E-state index >= 15 is 0 Å². The van der Waals surface area contributed by atoms with Crippen molar-refractivity contribution in [1.29, 1.82) is 0 Å². The van der Waals surface area contributed by atoms with Crippen LogP contribution in [0.25, 0.3) is 21.9 Å². The van der Waals surface area contributed by atoms with Crippen LogP contribution in [0.2, 0.25) is 0 Å². The van der Waals surface area contributed by atoms with Crippen LogP contribution in [0.5, 0.6) is 5.75 Å². The normalized spacial score (nSPS) is 31.0. The van der Waals surface area contributed by atoms with E-state index in [-0.39, 0.29) is 24.2 Å². The first-order chi connectivity index (χ1) is 22.4. The van der Waals surface area contributed by atoms with Gasteiger partial charge in [-0.25, -0.2) is 0 Å². The van der Waals surface area contributed by atoms with E-state index in [1.54, 1.807) is 25.1 Å². The molecule has 11 heteroatoms. The van der Waals surface area contributed by atoms with Crippen molar-refractivity contribution in [2.24, 2.45) is 29.4 Å². The first-order valence-electron chi connectivity index (χ1n) is 16.1. The third-order valence-electron chi connectivity index (χ3n) is 11.0. The van der Waals surface area contributed by atoms with Gasteiger partial charge in [-0.2, -0.15) is 0 Å². The SMILES string of the molecule is CN(C)[C@H]1C(O)C(C(N)=O)C(=O)[C@]2(O)C(=O)C3C(=O)c4c(O)ccc(-c5ccc(CN6CCOCC6)c6ccccc56)c4C[C@@H]3C[C@H]12. The molecule has 3 aliphatic carbocycles. The van der Waals surface area contributed by atoms with E-state index in [4.69, 9.17) is 10.5 Å². The summed E-state index contributed by atoms with van der Waals surface area (Å²) in [5, 5.41) is 36.1. The summed E-state index contributed by atoms with van der Waals surface area (Å²) in [5.74, 6) is -9.21. The molecule has 3 aromatic rings. The molecule has 47 heavy (non-hydrogen) atoms. The molecule has 246 valence electrons. The number of nitrogens with zero attached hydrogens (tertiary/aromatic N) is 2. The Morgan fingerprint density at radius 2 is 1.68 bits per heavy atom. The fraction of sp³-hybridized carbons (Fsp3) is 0.444. The summed E-state index contributed by atoms with van der Waals surface area (Å²) < 4.78 is 5.52. The van der Waals surface area contributed by atoms with Gasteiger partial charge in [0.25, 0.3) is 0 Å². The molecular formula is C36H39N3O8. The van der Waals surface area contributed by atoms with E-state index in [0.717, 1.165) is 47.1 Å². The van der Waals surface area contributed by atoms with Crippen LogP contribution in [0.4, 0.5) is 0 Å². The fourth-order valence-electron chi connectivity index (χ4n) is 8.81. The van der Waals surface area contributed by atoms with E-state index in [1.807, 2.05) is 24.3 Å². The second-order valence-electron chi connectivity index (χ2n) is 13.7. The van der Waals surface area contributed by atoms with Crippen molar-refractivity contribution in [3.63, 3.8) is 0 Å². The summed E-state index contributed by atoms with van der Waals surface area (Å²) in [5.41, 5.74) is 6.18. The van der Waals surface area contributed by atoms with Crippen molar-refractivity contribution in [2.45, 2.75) is 37.1 Å². The first-order valence-corrected chi connectivity index (χ1v) is 16.1. The van der Waals surface area contributed by atoms with Crippen LogP contribution in [0, 0.1) is 23.7 Å². The Labute approximate surface area is 271 Å². The molecule has 3 aromatic carbocycles. The largest absolute Gasteiger partial charge is 0.507 e. The zero-order valence-corrected chi connectivity index (χ0v) is 26.4. The number of phenolic OH excluding ortho intramolecular Hbond substituents is 1. The van der Waals surface area contributed by atoms with Gasteiger partial charge in [0.1, 0.15) is 11.7 Å². The number of benzene rings is 3. The monoisotopic (exact) mass is 641 g/mol. The number of rotatable bonds is 5. The van der Waals surface area contributed by atoms with E-state index in [2.05, 4.69) is 17.0 Å². The summed E-state index contributed by atoms with van der Waals surface area (Å²) in [6, 6.07) is 14.5. The Kier molecular flexibility index (Phi) is 7.80. The molecule has 1 heterocycles. The van der Waals surface area contributed by atoms with E-state index in [0.29, 0.717) is 18.8 Å². The molecule has 7 atom stereocenters. The van der Waals surface area contributed by atoms with Gasteiger partial charge < -0.3 is 30.7 Å². The number of Topliss-reactive ketones (excluding diaryl/α,β-unsaturated/α-hetero) is 3. The van der Waals surface area contributed by atoms with Crippen LogP contribution in [0.15, 0.2) is 48.5 Å². The summed E-state index contributed by atoms with van der Waals surface area (Å²) >= 11 is 0. The average Bonchev–Trinajstić information content (AvgIpc) is 3.03. The molecule has 2 saturated carbocycles. The van der Waals surface area contributed by atoms with Crippen LogP contribution < -0.4 is 5.73 Å². The van der Waals surface area contributed by atoms with Crippen molar-refractivity contribution in [2.75, 3.05) is 40.4 Å². The maximum atomic E-state index is 14.3. The number of aliphatic hydroxyl groups is 2. The predicted molar refractivity (Wildman–Crippen MR) is 171 cm³/mol. The predicted octanol–water partition coefficient (Wildman–Crippen LogP) is 1.31. The second-order valence-corrected chi connectivity index (χ2v) is 13.7. The Morgan fingerprint density at radius 1 is 1.00 bits per heavy atom. The van der Waals surface area contributed by atoms with E-state index < -0.39 is 64.7 Å². The van der Waals surface area contributed by atoms with Gasteiger partial charge in [-0.1, -0.05) is 42.5 Å². The maximum Gasteiger partial charge on any atom is 0.230 e. The minimum Gasteiger partial charge on any atom is -0.507 e. The number of aliphatic hydroxyl groups excluding tert-OH is 1. The fourth-order valence-corrected chi connectivity index (χ4v) is 8.81. The van der Waals surface area contributed by atoms with Crippen LogP contribution >= 0.6 is 0 Å². The highest BCUT2D eigenvalue weighted by Gasteiger charge is 2.69. The Balaban J connectivity index is 1.33. The number of fused-ring (bicyclic) bond motifs is 4. The second kappa shape index (κ2) is 11.6. The number of carbonyl (C=O) groups is 4.